The summed E-state index contributed by atoms with van der Waals surface area (Å²) in [6.45, 7) is 2.03. The fourth-order valence-corrected chi connectivity index (χ4v) is 5.15. The van der Waals surface area contributed by atoms with Gasteiger partial charge in [-0.15, -0.1) is 16.4 Å². The third kappa shape index (κ3) is 3.96. The number of thiophene rings is 1. The molecule has 0 saturated carbocycles. The summed E-state index contributed by atoms with van der Waals surface area (Å²) in [7, 11) is 0. The summed E-state index contributed by atoms with van der Waals surface area (Å²) in [5, 5.41) is 20.7. The molecule has 0 unspecified atom stereocenters. The van der Waals surface area contributed by atoms with Crippen molar-refractivity contribution < 1.29 is 4.79 Å². The molecule has 3 aromatic rings. The van der Waals surface area contributed by atoms with Crippen molar-refractivity contribution in [1.82, 2.24) is 15.2 Å². The number of carbonyl (C=O) groups excluding carboxylic acids is 1. The minimum atomic E-state index is -0.151. The highest BCUT2D eigenvalue weighted by Gasteiger charge is 2.22. The van der Waals surface area contributed by atoms with Crippen LogP contribution < -0.4 is 5.32 Å². The van der Waals surface area contributed by atoms with Gasteiger partial charge in [-0.05, 0) is 44.2 Å². The van der Waals surface area contributed by atoms with Crippen molar-refractivity contribution in [2.75, 3.05) is 11.1 Å². The first-order valence-electron chi connectivity index (χ1n) is 9.11. The van der Waals surface area contributed by atoms with Crippen LogP contribution in [0.15, 0.2) is 29.4 Å². The fourth-order valence-electron chi connectivity index (χ4n) is 3.30. The van der Waals surface area contributed by atoms with Crippen LogP contribution in [0.4, 0.5) is 5.00 Å². The number of rotatable bonds is 5. The van der Waals surface area contributed by atoms with Gasteiger partial charge >= 0.3 is 0 Å². The number of thioether (sulfide) groups is 1. The van der Waals surface area contributed by atoms with Gasteiger partial charge in [0.05, 0.1) is 11.3 Å². The number of aromatic amines is 1. The number of nitrogens with zero attached hydrogens (tertiary/aromatic N) is 3. The average molecular weight is 410 g/mol. The van der Waals surface area contributed by atoms with Crippen LogP contribution in [-0.2, 0) is 17.6 Å². The third-order valence-corrected chi connectivity index (χ3v) is 6.68. The van der Waals surface area contributed by atoms with Gasteiger partial charge in [0, 0.05) is 10.4 Å². The molecule has 0 bridgehead atoms. The number of H-pyrrole nitrogens is 1. The summed E-state index contributed by atoms with van der Waals surface area (Å²) in [6.07, 6.45) is 4.18. The molecule has 2 aromatic heterocycles. The summed E-state index contributed by atoms with van der Waals surface area (Å²) < 4.78 is 0. The van der Waals surface area contributed by atoms with Crippen molar-refractivity contribution in [1.29, 1.82) is 5.26 Å². The van der Waals surface area contributed by atoms with Crippen molar-refractivity contribution >= 4 is 34.0 Å². The molecule has 6 nitrogen and oxygen atoms in total. The van der Waals surface area contributed by atoms with Gasteiger partial charge in [-0.2, -0.15) is 5.26 Å². The van der Waals surface area contributed by atoms with E-state index in [1.807, 2.05) is 31.2 Å². The monoisotopic (exact) mass is 409 g/mol. The van der Waals surface area contributed by atoms with Crippen LogP contribution in [0.3, 0.4) is 0 Å². The Labute approximate surface area is 171 Å². The summed E-state index contributed by atoms with van der Waals surface area (Å²) in [4.78, 5) is 18.1. The number of fused-ring (bicyclic) bond motifs is 1. The standard InChI is InChI=1S/C20H19N5OS2/c1-12-5-4-6-13(9-12)18-23-20(25-24-18)27-11-17(26)22-19-15(10-21)14-7-2-3-8-16(14)28-19/h4-6,9H,2-3,7-8,11H2,1H3,(H,22,26)(H,23,24,25). The molecular weight excluding hydrogens is 390 g/mol. The smallest absolute Gasteiger partial charge is 0.235 e. The summed E-state index contributed by atoms with van der Waals surface area (Å²) in [5.74, 6) is 0.727. The van der Waals surface area contributed by atoms with Gasteiger partial charge in [0.15, 0.2) is 5.82 Å². The zero-order valence-electron chi connectivity index (χ0n) is 15.4. The lowest BCUT2D eigenvalue weighted by atomic mass is 9.96. The summed E-state index contributed by atoms with van der Waals surface area (Å²) in [5.41, 5.74) is 3.87. The largest absolute Gasteiger partial charge is 0.316 e. The van der Waals surface area contributed by atoms with Gasteiger partial charge in [0.1, 0.15) is 11.1 Å². The van der Waals surface area contributed by atoms with Crippen LogP contribution in [0.5, 0.6) is 0 Å². The molecule has 0 radical (unpaired) electrons. The maximum atomic E-state index is 12.4. The van der Waals surface area contributed by atoms with Crippen LogP contribution in [-0.4, -0.2) is 26.8 Å². The van der Waals surface area contributed by atoms with E-state index in [1.54, 1.807) is 0 Å². The highest BCUT2D eigenvalue weighted by atomic mass is 32.2. The van der Waals surface area contributed by atoms with E-state index in [9.17, 15) is 10.1 Å². The molecule has 2 N–H and O–H groups in total. The molecule has 1 aromatic carbocycles. The van der Waals surface area contributed by atoms with E-state index in [1.165, 1.54) is 28.0 Å². The summed E-state index contributed by atoms with van der Waals surface area (Å²) >= 11 is 2.81. The van der Waals surface area contributed by atoms with Crippen LogP contribution in [0.1, 0.15) is 34.4 Å². The number of anilines is 1. The first-order valence-corrected chi connectivity index (χ1v) is 10.9. The van der Waals surface area contributed by atoms with Crippen molar-refractivity contribution in [3.8, 4) is 17.5 Å². The Hall–Kier alpha value is -2.63. The van der Waals surface area contributed by atoms with Gasteiger partial charge in [-0.3, -0.25) is 9.89 Å². The number of hydrogen-bond donors (Lipinski definition) is 2. The fraction of sp³-hybridized carbons (Fsp3) is 0.300. The predicted octanol–water partition coefficient (Wildman–Crippen LogP) is 4.32. The molecule has 1 aliphatic rings. The van der Waals surface area contributed by atoms with Crippen molar-refractivity contribution in [3.05, 3.63) is 45.8 Å². The SMILES string of the molecule is Cc1cccc(-c2nc(SCC(=O)Nc3sc4c(c3C#N)CCCC4)n[nH]2)c1. The summed E-state index contributed by atoms with van der Waals surface area (Å²) in [6, 6.07) is 10.3. The Morgan fingerprint density at radius 1 is 1.39 bits per heavy atom. The molecule has 0 fully saturated rings. The average Bonchev–Trinajstić information content (AvgIpc) is 3.30. The quantitative estimate of drug-likeness (QED) is 0.612. The number of amides is 1. The zero-order chi connectivity index (χ0) is 19.5. The molecule has 1 aliphatic carbocycles. The Morgan fingerprint density at radius 2 is 2.25 bits per heavy atom. The lowest BCUT2D eigenvalue weighted by Gasteiger charge is -2.09. The Balaban J connectivity index is 1.39. The van der Waals surface area contributed by atoms with Crippen LogP contribution in [0.25, 0.3) is 11.4 Å². The van der Waals surface area contributed by atoms with Crippen LogP contribution >= 0.6 is 23.1 Å². The van der Waals surface area contributed by atoms with Gasteiger partial charge in [-0.1, -0.05) is 35.5 Å². The molecule has 2 heterocycles. The molecular formula is C20H19N5OS2. The first-order chi connectivity index (χ1) is 13.6. The van der Waals surface area contributed by atoms with E-state index in [4.69, 9.17) is 0 Å². The van der Waals surface area contributed by atoms with E-state index >= 15 is 0 Å². The Morgan fingerprint density at radius 3 is 3.07 bits per heavy atom. The van der Waals surface area contributed by atoms with Gasteiger partial charge in [-0.25, -0.2) is 4.98 Å². The lowest BCUT2D eigenvalue weighted by molar-refractivity contribution is -0.113. The predicted molar refractivity (Wildman–Crippen MR) is 112 cm³/mol. The van der Waals surface area contributed by atoms with Crippen LogP contribution in [0.2, 0.25) is 0 Å². The Kier molecular flexibility index (Phi) is 5.46. The molecule has 0 saturated heterocycles. The number of carbonyl (C=O) groups is 1. The van der Waals surface area contributed by atoms with E-state index in [0.29, 0.717) is 21.5 Å². The van der Waals surface area contributed by atoms with Crippen molar-refractivity contribution in [3.63, 3.8) is 0 Å². The Bertz CT molecular complexity index is 1060. The molecule has 142 valence electrons. The molecule has 0 aliphatic heterocycles. The maximum Gasteiger partial charge on any atom is 0.235 e. The number of aryl methyl sites for hydroxylation is 2. The van der Waals surface area contributed by atoms with Gasteiger partial charge in [0.25, 0.3) is 0 Å². The minimum Gasteiger partial charge on any atom is -0.316 e. The molecule has 0 spiro atoms. The van der Waals surface area contributed by atoms with Gasteiger partial charge < -0.3 is 5.32 Å². The van der Waals surface area contributed by atoms with Crippen molar-refractivity contribution in [2.24, 2.45) is 0 Å². The van der Waals surface area contributed by atoms with Crippen LogP contribution in [0, 0.1) is 18.3 Å². The normalized spacial score (nSPS) is 13.0. The zero-order valence-corrected chi connectivity index (χ0v) is 17.0. The minimum absolute atomic E-state index is 0.151. The lowest BCUT2D eigenvalue weighted by Crippen LogP contribution is -2.14. The topological polar surface area (TPSA) is 94.5 Å². The molecule has 0 atom stereocenters. The van der Waals surface area contributed by atoms with Crippen molar-refractivity contribution in [2.45, 2.75) is 37.8 Å². The number of hydrogen-bond acceptors (Lipinski definition) is 6. The maximum absolute atomic E-state index is 12.4. The third-order valence-electron chi connectivity index (χ3n) is 4.62. The second-order valence-corrected chi connectivity index (χ2v) is 8.75. The number of nitriles is 1. The molecule has 8 heteroatoms. The number of aromatic nitrogens is 3. The van der Waals surface area contributed by atoms with E-state index in [0.717, 1.165) is 42.4 Å². The van der Waals surface area contributed by atoms with E-state index in [2.05, 4.69) is 26.6 Å². The molecule has 4 rings (SSSR count). The van der Waals surface area contributed by atoms with Gasteiger partial charge in [0.2, 0.25) is 11.1 Å². The molecule has 1 amide bonds. The first kappa shape index (κ1) is 18.7. The highest BCUT2D eigenvalue weighted by molar-refractivity contribution is 7.99. The number of nitrogens with one attached hydrogen (secondary N) is 2. The molecule has 28 heavy (non-hydrogen) atoms. The second-order valence-electron chi connectivity index (χ2n) is 6.70. The van der Waals surface area contributed by atoms with E-state index in [-0.39, 0.29) is 11.7 Å². The number of benzene rings is 1. The van der Waals surface area contributed by atoms with E-state index < -0.39 is 0 Å². The second kappa shape index (κ2) is 8.17. The highest BCUT2D eigenvalue weighted by Crippen LogP contribution is 2.37.